The summed E-state index contributed by atoms with van der Waals surface area (Å²) in [6, 6.07) is 12.5. The molecule has 0 bridgehead atoms. The minimum Gasteiger partial charge on any atom is -0.281 e. The molecule has 132 valence electrons. The van der Waals surface area contributed by atoms with Gasteiger partial charge in [0.2, 0.25) is 5.24 Å². The molecule has 2 aromatic carbocycles. The van der Waals surface area contributed by atoms with Crippen LogP contribution in [0.5, 0.6) is 0 Å². The number of benzene rings is 2. The molecule has 0 N–H and O–H groups in total. The van der Waals surface area contributed by atoms with Gasteiger partial charge in [-0.3, -0.25) is 14.2 Å². The molecule has 0 spiro atoms. The second kappa shape index (κ2) is 7.10. The molecule has 0 saturated heterocycles. The quantitative estimate of drug-likeness (QED) is 0.545. The number of carbonyl (C=O) groups excluding carboxylic acids is 2. The van der Waals surface area contributed by atoms with Gasteiger partial charge in [0.1, 0.15) is 0 Å². The van der Waals surface area contributed by atoms with Gasteiger partial charge in [0.15, 0.2) is 0 Å². The SMILES string of the molecule is C=C(C)c1ccc2c(c1)c(CC(=O)Cl)c(C)n2C(=O)c1ccc(Cl)cc1. The van der Waals surface area contributed by atoms with E-state index in [9.17, 15) is 9.59 Å². The molecule has 3 aromatic rings. The highest BCUT2D eigenvalue weighted by Gasteiger charge is 2.21. The fourth-order valence-corrected chi connectivity index (χ4v) is 3.35. The number of aromatic nitrogens is 1. The molecule has 3 nitrogen and oxygen atoms in total. The molecule has 0 fully saturated rings. The van der Waals surface area contributed by atoms with E-state index >= 15 is 0 Å². The third-order valence-electron chi connectivity index (χ3n) is 4.44. The molecule has 0 aliphatic rings. The van der Waals surface area contributed by atoms with E-state index in [2.05, 4.69) is 6.58 Å². The highest BCUT2D eigenvalue weighted by molar-refractivity contribution is 6.63. The lowest BCUT2D eigenvalue weighted by atomic mass is 10.0. The molecule has 26 heavy (non-hydrogen) atoms. The summed E-state index contributed by atoms with van der Waals surface area (Å²) in [6.45, 7) is 7.70. The van der Waals surface area contributed by atoms with Crippen molar-refractivity contribution in [2.24, 2.45) is 0 Å². The third kappa shape index (κ3) is 3.33. The molecule has 0 atom stereocenters. The van der Waals surface area contributed by atoms with E-state index in [1.165, 1.54) is 0 Å². The molecule has 0 aliphatic heterocycles. The first-order valence-corrected chi connectivity index (χ1v) is 8.83. The monoisotopic (exact) mass is 385 g/mol. The molecule has 0 unspecified atom stereocenters. The van der Waals surface area contributed by atoms with Crippen LogP contribution in [0.4, 0.5) is 0 Å². The molecule has 3 rings (SSSR count). The fourth-order valence-electron chi connectivity index (χ4n) is 3.09. The number of hydrogen-bond donors (Lipinski definition) is 0. The molecular weight excluding hydrogens is 369 g/mol. The number of rotatable bonds is 4. The van der Waals surface area contributed by atoms with Crippen molar-refractivity contribution in [3.8, 4) is 0 Å². The second-order valence-corrected chi connectivity index (χ2v) is 7.11. The van der Waals surface area contributed by atoms with Gasteiger partial charge in [0.05, 0.1) is 5.52 Å². The zero-order valence-corrected chi connectivity index (χ0v) is 16.0. The van der Waals surface area contributed by atoms with E-state index in [-0.39, 0.29) is 12.3 Å². The topological polar surface area (TPSA) is 39.1 Å². The van der Waals surface area contributed by atoms with Gasteiger partial charge >= 0.3 is 0 Å². The molecule has 1 heterocycles. The van der Waals surface area contributed by atoms with E-state index in [0.717, 1.165) is 27.6 Å². The Balaban J connectivity index is 2.26. The van der Waals surface area contributed by atoms with Crippen molar-refractivity contribution in [1.29, 1.82) is 0 Å². The van der Waals surface area contributed by atoms with Gasteiger partial charge in [-0.15, -0.1) is 0 Å². The lowest BCUT2D eigenvalue weighted by Crippen LogP contribution is -2.13. The number of fused-ring (bicyclic) bond motifs is 1. The van der Waals surface area contributed by atoms with Crippen LogP contribution in [0.15, 0.2) is 49.0 Å². The first kappa shape index (κ1) is 18.4. The summed E-state index contributed by atoms with van der Waals surface area (Å²) in [5.74, 6) is -0.180. The smallest absolute Gasteiger partial charge is 0.262 e. The van der Waals surface area contributed by atoms with Crippen molar-refractivity contribution in [3.05, 3.63) is 76.5 Å². The maximum absolute atomic E-state index is 13.1. The Bertz CT molecular complexity index is 1050. The highest BCUT2D eigenvalue weighted by Crippen LogP contribution is 2.30. The van der Waals surface area contributed by atoms with Gasteiger partial charge in [0, 0.05) is 28.1 Å². The Morgan fingerprint density at radius 2 is 1.69 bits per heavy atom. The first-order chi connectivity index (χ1) is 12.3. The van der Waals surface area contributed by atoms with E-state index in [0.29, 0.717) is 16.3 Å². The van der Waals surface area contributed by atoms with Gasteiger partial charge in [0.25, 0.3) is 5.91 Å². The standard InChI is InChI=1S/C21H17Cl2NO2/c1-12(2)15-6-9-19-18(10-15)17(11-20(23)25)13(3)24(19)21(26)14-4-7-16(22)8-5-14/h4-10H,1,11H2,2-3H3. The molecule has 0 amide bonds. The number of halogens is 2. The summed E-state index contributed by atoms with van der Waals surface area (Å²) in [4.78, 5) is 24.6. The largest absolute Gasteiger partial charge is 0.281 e. The number of hydrogen-bond acceptors (Lipinski definition) is 2. The van der Waals surface area contributed by atoms with Gasteiger partial charge in [-0.2, -0.15) is 0 Å². The molecular formula is C21H17Cl2NO2. The van der Waals surface area contributed by atoms with Crippen LogP contribution < -0.4 is 0 Å². The molecule has 0 aliphatic carbocycles. The van der Waals surface area contributed by atoms with E-state index in [1.54, 1.807) is 28.8 Å². The van der Waals surface area contributed by atoms with Crippen LogP contribution in [-0.2, 0) is 11.2 Å². The summed E-state index contributed by atoms with van der Waals surface area (Å²) >= 11 is 11.6. The summed E-state index contributed by atoms with van der Waals surface area (Å²) in [5, 5.41) is 0.932. The first-order valence-electron chi connectivity index (χ1n) is 8.08. The highest BCUT2D eigenvalue weighted by atomic mass is 35.5. The lowest BCUT2D eigenvalue weighted by molar-refractivity contribution is -0.111. The van der Waals surface area contributed by atoms with E-state index in [4.69, 9.17) is 23.2 Å². The second-order valence-electron chi connectivity index (χ2n) is 6.26. The average molecular weight is 386 g/mol. The third-order valence-corrected chi connectivity index (χ3v) is 4.82. The molecule has 0 radical (unpaired) electrons. The Morgan fingerprint density at radius 1 is 1.08 bits per heavy atom. The van der Waals surface area contributed by atoms with Crippen LogP contribution in [0.25, 0.3) is 16.5 Å². The zero-order chi connectivity index (χ0) is 19.0. The number of nitrogens with zero attached hydrogens (tertiary/aromatic N) is 1. The maximum Gasteiger partial charge on any atom is 0.262 e. The van der Waals surface area contributed by atoms with Crippen molar-refractivity contribution < 1.29 is 9.59 Å². The van der Waals surface area contributed by atoms with Crippen molar-refractivity contribution in [1.82, 2.24) is 4.57 Å². The van der Waals surface area contributed by atoms with Crippen molar-refractivity contribution in [3.63, 3.8) is 0 Å². The predicted molar refractivity (Wildman–Crippen MR) is 107 cm³/mol. The fraction of sp³-hybridized carbons (Fsp3) is 0.143. The number of allylic oxidation sites excluding steroid dienone is 1. The van der Waals surface area contributed by atoms with Crippen LogP contribution in [0.3, 0.4) is 0 Å². The Hall–Kier alpha value is -2.36. The normalized spacial score (nSPS) is 10.9. The molecule has 0 saturated carbocycles. The van der Waals surface area contributed by atoms with Crippen molar-refractivity contribution >= 4 is 50.8 Å². The van der Waals surface area contributed by atoms with Gasteiger partial charge in [-0.25, -0.2) is 0 Å². The van der Waals surface area contributed by atoms with Gasteiger partial charge in [-0.05, 0) is 73.0 Å². The van der Waals surface area contributed by atoms with Crippen LogP contribution in [-0.4, -0.2) is 15.7 Å². The van der Waals surface area contributed by atoms with Crippen LogP contribution in [0, 0.1) is 6.92 Å². The average Bonchev–Trinajstić information content (AvgIpc) is 2.86. The lowest BCUT2D eigenvalue weighted by Gasteiger charge is -2.08. The summed E-state index contributed by atoms with van der Waals surface area (Å²) in [6.07, 6.45) is 0.0600. The van der Waals surface area contributed by atoms with Crippen molar-refractivity contribution in [2.45, 2.75) is 20.3 Å². The van der Waals surface area contributed by atoms with E-state index < -0.39 is 5.24 Å². The number of carbonyl (C=O) groups is 2. The summed E-state index contributed by atoms with van der Waals surface area (Å²) in [7, 11) is 0. The summed E-state index contributed by atoms with van der Waals surface area (Å²) in [5.41, 5.74) is 4.57. The minimum atomic E-state index is -0.466. The Kier molecular flexibility index (Phi) is 5.03. The van der Waals surface area contributed by atoms with E-state index in [1.807, 2.05) is 32.0 Å². The van der Waals surface area contributed by atoms with Crippen LogP contribution in [0.1, 0.15) is 34.1 Å². The Labute approximate surface area is 161 Å². The summed E-state index contributed by atoms with van der Waals surface area (Å²) < 4.78 is 1.62. The van der Waals surface area contributed by atoms with Crippen LogP contribution >= 0.6 is 23.2 Å². The maximum atomic E-state index is 13.1. The molecule has 1 aromatic heterocycles. The molecule has 5 heteroatoms. The Morgan fingerprint density at radius 3 is 2.27 bits per heavy atom. The van der Waals surface area contributed by atoms with Crippen molar-refractivity contribution in [2.75, 3.05) is 0 Å². The van der Waals surface area contributed by atoms with Gasteiger partial charge in [-0.1, -0.05) is 29.8 Å². The zero-order valence-electron chi connectivity index (χ0n) is 14.5. The van der Waals surface area contributed by atoms with Crippen LogP contribution in [0.2, 0.25) is 5.02 Å². The van der Waals surface area contributed by atoms with Gasteiger partial charge < -0.3 is 0 Å². The minimum absolute atomic E-state index is 0.0600. The predicted octanol–water partition coefficient (Wildman–Crippen LogP) is 5.63.